The predicted molar refractivity (Wildman–Crippen MR) is 25.5 cm³/mol. The third-order valence-electron chi connectivity index (χ3n) is 1.07. The highest BCUT2D eigenvalue weighted by Crippen LogP contribution is 2.10. The van der Waals surface area contributed by atoms with Gasteiger partial charge in [0.15, 0.2) is 0 Å². The summed E-state index contributed by atoms with van der Waals surface area (Å²) in [5.74, 6) is -0.431. The number of hydrogen-bond donors (Lipinski definition) is 0. The van der Waals surface area contributed by atoms with Gasteiger partial charge in [-0.3, -0.25) is 0 Å². The Morgan fingerprint density at radius 2 is 1.86 bits per heavy atom. The minimum Gasteiger partial charge on any atom is -0.210 e. The summed E-state index contributed by atoms with van der Waals surface area (Å²) in [6.45, 7) is 3.31. The molecule has 0 amide bonds. The molecule has 44 valence electrons. The first-order chi connectivity index (χ1) is 3.18. The van der Waals surface area contributed by atoms with Gasteiger partial charge in [-0.2, -0.15) is 0 Å². The fraction of sp³-hybridized carbons (Fsp3) is 1.00. The maximum Gasteiger partial charge on any atom is 0.241 e. The van der Waals surface area contributed by atoms with Crippen LogP contribution >= 0.6 is 0 Å². The van der Waals surface area contributed by atoms with Crippen LogP contribution in [0.2, 0.25) is 0 Å². The van der Waals surface area contributed by atoms with E-state index in [0.29, 0.717) is 6.42 Å². The van der Waals surface area contributed by atoms with E-state index in [4.69, 9.17) is 0 Å². The van der Waals surface area contributed by atoms with Crippen molar-refractivity contribution in [3.05, 3.63) is 0 Å². The molecule has 0 aromatic carbocycles. The van der Waals surface area contributed by atoms with Gasteiger partial charge in [-0.05, 0) is 6.42 Å². The molecule has 7 heavy (non-hydrogen) atoms. The lowest BCUT2D eigenvalue weighted by atomic mass is 10.1. The van der Waals surface area contributed by atoms with E-state index < -0.39 is 12.3 Å². The third kappa shape index (κ3) is 2.54. The van der Waals surface area contributed by atoms with Crippen molar-refractivity contribution < 1.29 is 8.78 Å². The fourth-order valence-corrected chi connectivity index (χ4v) is 0.178. The average Bonchev–Trinajstić information content (AvgIpc) is 1.65. The van der Waals surface area contributed by atoms with Crippen molar-refractivity contribution >= 4 is 0 Å². The minimum atomic E-state index is -2.13. The molecule has 1 unspecified atom stereocenters. The second-order valence-electron chi connectivity index (χ2n) is 1.72. The van der Waals surface area contributed by atoms with E-state index in [1.165, 1.54) is 0 Å². The monoisotopic (exact) mass is 108 g/mol. The quantitative estimate of drug-likeness (QED) is 0.509. The zero-order chi connectivity index (χ0) is 5.86. The number of halogens is 2. The summed E-state index contributed by atoms with van der Waals surface area (Å²) in [6, 6.07) is 0. The molecule has 0 aliphatic rings. The van der Waals surface area contributed by atoms with E-state index >= 15 is 0 Å². The van der Waals surface area contributed by atoms with Crippen molar-refractivity contribution in [2.45, 2.75) is 26.7 Å². The van der Waals surface area contributed by atoms with Crippen molar-refractivity contribution in [2.75, 3.05) is 0 Å². The molecule has 0 rings (SSSR count). The van der Waals surface area contributed by atoms with Crippen molar-refractivity contribution in [3.63, 3.8) is 0 Å². The second-order valence-corrected chi connectivity index (χ2v) is 1.72. The lowest BCUT2D eigenvalue weighted by molar-refractivity contribution is 0.0845. The smallest absolute Gasteiger partial charge is 0.210 e. The van der Waals surface area contributed by atoms with Crippen LogP contribution in [-0.4, -0.2) is 6.43 Å². The van der Waals surface area contributed by atoms with E-state index in [0.717, 1.165) is 0 Å². The Hall–Kier alpha value is -0.140. The van der Waals surface area contributed by atoms with Crippen LogP contribution in [0.1, 0.15) is 20.3 Å². The minimum absolute atomic E-state index is 0.431. The van der Waals surface area contributed by atoms with Gasteiger partial charge in [0, 0.05) is 5.92 Å². The average molecular weight is 108 g/mol. The van der Waals surface area contributed by atoms with Crippen LogP contribution in [0.5, 0.6) is 0 Å². The van der Waals surface area contributed by atoms with Gasteiger partial charge in [0.25, 0.3) is 0 Å². The SMILES string of the molecule is CCC(C)C(F)F. The highest BCUT2D eigenvalue weighted by molar-refractivity contribution is 4.48. The Labute approximate surface area is 42.5 Å². The van der Waals surface area contributed by atoms with Gasteiger partial charge in [0.05, 0.1) is 0 Å². The van der Waals surface area contributed by atoms with Crippen LogP contribution in [0, 0.1) is 5.92 Å². The summed E-state index contributed by atoms with van der Waals surface area (Å²) in [4.78, 5) is 0. The van der Waals surface area contributed by atoms with Crippen LogP contribution in [0.25, 0.3) is 0 Å². The topological polar surface area (TPSA) is 0 Å². The Morgan fingerprint density at radius 3 is 1.86 bits per heavy atom. The van der Waals surface area contributed by atoms with E-state index in [1.54, 1.807) is 13.8 Å². The number of hydrogen-bond acceptors (Lipinski definition) is 0. The van der Waals surface area contributed by atoms with Gasteiger partial charge < -0.3 is 0 Å². The summed E-state index contributed by atoms with van der Waals surface area (Å²) in [7, 11) is 0. The molecule has 0 heterocycles. The maximum absolute atomic E-state index is 11.4. The molecule has 0 nitrogen and oxygen atoms in total. The van der Waals surface area contributed by atoms with Gasteiger partial charge in [0.2, 0.25) is 6.43 Å². The van der Waals surface area contributed by atoms with Crippen molar-refractivity contribution in [1.82, 2.24) is 0 Å². The molecule has 0 spiro atoms. The lowest BCUT2D eigenvalue weighted by Gasteiger charge is -2.03. The second kappa shape index (κ2) is 2.94. The summed E-state index contributed by atoms with van der Waals surface area (Å²) >= 11 is 0. The van der Waals surface area contributed by atoms with Crippen LogP contribution < -0.4 is 0 Å². The van der Waals surface area contributed by atoms with E-state index in [-0.39, 0.29) is 0 Å². The molecule has 0 aromatic rings. The molecule has 0 radical (unpaired) electrons. The van der Waals surface area contributed by atoms with Crippen LogP contribution in [0.3, 0.4) is 0 Å². The van der Waals surface area contributed by atoms with Gasteiger partial charge in [-0.1, -0.05) is 13.8 Å². The zero-order valence-electron chi connectivity index (χ0n) is 4.62. The van der Waals surface area contributed by atoms with Gasteiger partial charge >= 0.3 is 0 Å². The summed E-state index contributed by atoms with van der Waals surface area (Å²) < 4.78 is 22.9. The molecule has 0 aliphatic heterocycles. The van der Waals surface area contributed by atoms with Gasteiger partial charge in [-0.15, -0.1) is 0 Å². The first-order valence-electron chi connectivity index (χ1n) is 2.46. The molecule has 0 N–H and O–H groups in total. The van der Waals surface area contributed by atoms with Crippen molar-refractivity contribution in [2.24, 2.45) is 5.92 Å². The molecule has 0 fully saturated rings. The van der Waals surface area contributed by atoms with Gasteiger partial charge in [0.1, 0.15) is 0 Å². The molecule has 1 atom stereocenters. The molecule has 0 bridgehead atoms. The molecule has 2 heteroatoms. The first-order valence-corrected chi connectivity index (χ1v) is 2.46. The van der Waals surface area contributed by atoms with Crippen LogP contribution in [0.4, 0.5) is 8.78 Å². The highest BCUT2D eigenvalue weighted by Gasteiger charge is 2.10. The standard InChI is InChI=1S/C5H10F2/c1-3-4(2)5(6)7/h4-5H,3H2,1-2H3. The lowest BCUT2D eigenvalue weighted by Crippen LogP contribution is -2.03. The van der Waals surface area contributed by atoms with E-state index in [9.17, 15) is 8.78 Å². The Balaban J connectivity index is 3.14. The molecular formula is C5H10F2. The summed E-state index contributed by atoms with van der Waals surface area (Å²) in [5.41, 5.74) is 0. The Morgan fingerprint density at radius 1 is 1.43 bits per heavy atom. The van der Waals surface area contributed by atoms with Crippen LogP contribution in [0.15, 0.2) is 0 Å². The molecular weight excluding hydrogens is 98.1 g/mol. The molecule has 0 saturated carbocycles. The predicted octanol–water partition coefficient (Wildman–Crippen LogP) is 2.30. The Bertz CT molecular complexity index is 43.3. The summed E-state index contributed by atoms with van der Waals surface area (Å²) in [6.07, 6.45) is -1.57. The first kappa shape index (κ1) is 6.86. The largest absolute Gasteiger partial charge is 0.241 e. The maximum atomic E-state index is 11.4. The van der Waals surface area contributed by atoms with Crippen molar-refractivity contribution in [3.8, 4) is 0 Å². The van der Waals surface area contributed by atoms with E-state index in [2.05, 4.69) is 0 Å². The molecule has 0 aromatic heterocycles. The highest BCUT2D eigenvalue weighted by atomic mass is 19.3. The molecule has 0 aliphatic carbocycles. The van der Waals surface area contributed by atoms with Crippen LogP contribution in [-0.2, 0) is 0 Å². The normalized spacial score (nSPS) is 15.0. The third-order valence-corrected chi connectivity index (χ3v) is 1.07. The fourth-order valence-electron chi connectivity index (χ4n) is 0.178. The molecule has 0 saturated heterocycles. The van der Waals surface area contributed by atoms with Crippen molar-refractivity contribution in [1.29, 1.82) is 0 Å². The van der Waals surface area contributed by atoms with E-state index in [1.807, 2.05) is 0 Å². The van der Waals surface area contributed by atoms with Gasteiger partial charge in [-0.25, -0.2) is 8.78 Å². The number of alkyl halides is 2. The Kier molecular flexibility index (Phi) is 2.88. The summed E-state index contributed by atoms with van der Waals surface area (Å²) in [5, 5.41) is 0. The zero-order valence-corrected chi connectivity index (χ0v) is 4.62. The number of rotatable bonds is 2.